The van der Waals surface area contributed by atoms with Crippen LogP contribution in [0.3, 0.4) is 0 Å². The molecule has 0 bridgehead atoms. The topological polar surface area (TPSA) is 24.7 Å². The van der Waals surface area contributed by atoms with Gasteiger partial charge in [-0.3, -0.25) is 4.99 Å². The van der Waals surface area contributed by atoms with Crippen molar-refractivity contribution >= 4 is 12.6 Å². The van der Waals surface area contributed by atoms with Gasteiger partial charge < -0.3 is 1.43 Å². The molecule has 6 heavy (non-hydrogen) atoms. The minimum Gasteiger partial charge on any atom is -1.00 e. The molecule has 0 unspecified atom stereocenters. The Morgan fingerprint density at radius 1 is 1.67 bits per heavy atom. The van der Waals surface area contributed by atoms with Crippen molar-refractivity contribution in [3.05, 3.63) is 0 Å². The summed E-state index contributed by atoms with van der Waals surface area (Å²) in [6.07, 6.45) is 3.32. The van der Waals surface area contributed by atoms with Crippen LogP contribution < -0.4 is 29.6 Å². The first-order valence-corrected chi connectivity index (χ1v) is 1.50. The molecule has 0 saturated heterocycles. The van der Waals surface area contributed by atoms with Crippen molar-refractivity contribution < 1.29 is 31.0 Å². The van der Waals surface area contributed by atoms with Crippen LogP contribution in [0.1, 0.15) is 1.43 Å². The van der Waals surface area contributed by atoms with Crippen LogP contribution in [0.4, 0.5) is 0 Å². The van der Waals surface area contributed by atoms with Crippen molar-refractivity contribution in [2.24, 2.45) is 9.98 Å². The summed E-state index contributed by atoms with van der Waals surface area (Å²) >= 11 is 0. The molecule has 3 heteroatoms. The van der Waals surface area contributed by atoms with Crippen molar-refractivity contribution in [3.63, 3.8) is 0 Å². The van der Waals surface area contributed by atoms with Crippen LogP contribution in [0.25, 0.3) is 0 Å². The third kappa shape index (κ3) is 1.70. The van der Waals surface area contributed by atoms with Gasteiger partial charge in [-0.15, -0.1) is 0 Å². The predicted molar refractivity (Wildman–Crippen MR) is 23.0 cm³/mol. The fourth-order valence-electron chi connectivity index (χ4n) is 0.236. The molecule has 0 spiro atoms. The van der Waals surface area contributed by atoms with Gasteiger partial charge in [0.2, 0.25) is 0 Å². The molecule has 0 aromatic carbocycles. The number of nitrogens with zero attached hydrogens (tertiary/aromatic N) is 2. The van der Waals surface area contributed by atoms with Crippen LogP contribution in [0, 0.1) is 0 Å². The summed E-state index contributed by atoms with van der Waals surface area (Å²) < 4.78 is 0. The molecule has 1 heterocycles. The Balaban J connectivity index is 0. The van der Waals surface area contributed by atoms with Gasteiger partial charge in [0.1, 0.15) is 6.34 Å². The summed E-state index contributed by atoms with van der Waals surface area (Å²) in [5.74, 6) is 0. The van der Waals surface area contributed by atoms with E-state index in [4.69, 9.17) is 0 Å². The van der Waals surface area contributed by atoms with E-state index in [1.165, 1.54) is 0 Å². The number of hydrogen-bond donors (Lipinski definition) is 0. The van der Waals surface area contributed by atoms with E-state index in [2.05, 4.69) is 9.98 Å². The largest absolute Gasteiger partial charge is 1.00 e. The SMILES string of the molecule is C1=NC=NC1.[H-].[Na+]. The Kier molecular flexibility index (Phi) is 3.73. The molecule has 0 fully saturated rings. The number of aliphatic imine (C=N–C) groups is 2. The Morgan fingerprint density at radius 2 is 2.50 bits per heavy atom. The summed E-state index contributed by atoms with van der Waals surface area (Å²) in [4.78, 5) is 7.40. The van der Waals surface area contributed by atoms with E-state index in [0.717, 1.165) is 6.54 Å². The first kappa shape index (κ1) is 6.34. The normalized spacial score (nSPS) is 14.7. The molecule has 2 nitrogen and oxygen atoms in total. The molecular weight excluding hydrogens is 87.0 g/mol. The van der Waals surface area contributed by atoms with Gasteiger partial charge in [-0.25, -0.2) is 4.99 Å². The van der Waals surface area contributed by atoms with Crippen LogP contribution in [-0.4, -0.2) is 19.1 Å². The van der Waals surface area contributed by atoms with Gasteiger partial charge in [-0.05, 0) is 0 Å². The van der Waals surface area contributed by atoms with E-state index < -0.39 is 0 Å². The summed E-state index contributed by atoms with van der Waals surface area (Å²) in [6, 6.07) is 0. The zero-order chi connectivity index (χ0) is 3.54. The molecule has 0 amide bonds. The summed E-state index contributed by atoms with van der Waals surface area (Å²) in [7, 11) is 0. The first-order chi connectivity index (χ1) is 2.50. The second kappa shape index (κ2) is 3.53. The van der Waals surface area contributed by atoms with E-state index >= 15 is 0 Å². The average molecular weight is 92.1 g/mol. The second-order valence-electron chi connectivity index (χ2n) is 0.812. The Bertz CT molecular complexity index is 71.0. The van der Waals surface area contributed by atoms with Crippen molar-refractivity contribution in [3.8, 4) is 0 Å². The van der Waals surface area contributed by atoms with Crippen molar-refractivity contribution in [1.82, 2.24) is 0 Å². The van der Waals surface area contributed by atoms with Crippen LogP contribution in [0.15, 0.2) is 9.98 Å². The molecule has 0 aromatic heterocycles. The molecule has 1 aliphatic heterocycles. The van der Waals surface area contributed by atoms with E-state index in [1.54, 1.807) is 12.6 Å². The van der Waals surface area contributed by atoms with Crippen molar-refractivity contribution in [2.45, 2.75) is 0 Å². The van der Waals surface area contributed by atoms with Gasteiger partial charge in [0.05, 0.1) is 6.54 Å². The molecule has 0 radical (unpaired) electrons. The fraction of sp³-hybridized carbons (Fsp3) is 0.333. The summed E-state index contributed by atoms with van der Waals surface area (Å²) in [5, 5.41) is 0. The Hall–Kier alpha value is 0.340. The Labute approximate surface area is 60.2 Å². The van der Waals surface area contributed by atoms with Crippen LogP contribution >= 0.6 is 0 Å². The molecule has 1 aliphatic rings. The molecular formula is C3H5N2Na. The standard InChI is InChI=1S/C3H4N2.Na.H/c1-2-5-3-4-1;;/h1,3H,2H2;;/q;+1;-1. The number of hydrogen-bond acceptors (Lipinski definition) is 2. The molecule has 28 valence electrons. The van der Waals surface area contributed by atoms with Gasteiger partial charge in [0.15, 0.2) is 0 Å². The second-order valence-corrected chi connectivity index (χ2v) is 0.812. The fourth-order valence-corrected chi connectivity index (χ4v) is 0.236. The van der Waals surface area contributed by atoms with Gasteiger partial charge in [0, 0.05) is 6.21 Å². The zero-order valence-corrected chi connectivity index (χ0v) is 5.76. The van der Waals surface area contributed by atoms with E-state index in [-0.39, 0.29) is 31.0 Å². The van der Waals surface area contributed by atoms with Gasteiger partial charge in [-0.2, -0.15) is 0 Å². The summed E-state index contributed by atoms with van der Waals surface area (Å²) in [5.41, 5.74) is 0. The maximum atomic E-state index is 3.74. The van der Waals surface area contributed by atoms with Gasteiger partial charge in [-0.1, -0.05) is 0 Å². The summed E-state index contributed by atoms with van der Waals surface area (Å²) in [6.45, 7) is 0.778. The molecule has 0 saturated carbocycles. The quantitative estimate of drug-likeness (QED) is 0.289. The molecule has 1 rings (SSSR count). The monoisotopic (exact) mass is 92.0 g/mol. The average Bonchev–Trinajstić information content (AvgIpc) is 1.76. The third-order valence-corrected chi connectivity index (χ3v) is 0.441. The van der Waals surface area contributed by atoms with Crippen LogP contribution in [0.2, 0.25) is 0 Å². The van der Waals surface area contributed by atoms with Crippen LogP contribution in [-0.2, 0) is 0 Å². The van der Waals surface area contributed by atoms with Crippen molar-refractivity contribution in [1.29, 1.82) is 0 Å². The maximum absolute atomic E-state index is 3.74. The molecule has 0 aliphatic carbocycles. The third-order valence-electron chi connectivity index (χ3n) is 0.441. The smallest absolute Gasteiger partial charge is 1.00 e. The van der Waals surface area contributed by atoms with Crippen LogP contribution in [0.5, 0.6) is 0 Å². The molecule has 0 atom stereocenters. The Morgan fingerprint density at radius 3 is 2.67 bits per heavy atom. The van der Waals surface area contributed by atoms with E-state index in [1.807, 2.05) is 0 Å². The van der Waals surface area contributed by atoms with Gasteiger partial charge >= 0.3 is 29.6 Å². The first-order valence-electron chi connectivity index (χ1n) is 1.50. The molecule has 0 N–H and O–H groups in total. The van der Waals surface area contributed by atoms with E-state index in [0.29, 0.717) is 0 Å². The molecule has 0 aromatic rings. The van der Waals surface area contributed by atoms with Gasteiger partial charge in [0.25, 0.3) is 0 Å². The predicted octanol–water partition coefficient (Wildman–Crippen LogP) is -2.78. The minimum absolute atomic E-state index is 0. The van der Waals surface area contributed by atoms with E-state index in [9.17, 15) is 0 Å². The minimum atomic E-state index is 0. The number of rotatable bonds is 0. The maximum Gasteiger partial charge on any atom is 1.00 e. The zero-order valence-electron chi connectivity index (χ0n) is 4.76. The van der Waals surface area contributed by atoms with Crippen molar-refractivity contribution in [2.75, 3.05) is 6.54 Å².